The Balaban J connectivity index is 2.09. The first kappa shape index (κ1) is 14.5. The van der Waals surface area contributed by atoms with Crippen LogP contribution in [0.5, 0.6) is 0 Å². The fourth-order valence-corrected chi connectivity index (χ4v) is 2.85. The zero-order valence-electron chi connectivity index (χ0n) is 11.3. The number of benzene rings is 1. The van der Waals surface area contributed by atoms with Crippen LogP contribution in [0.3, 0.4) is 0 Å². The smallest absolute Gasteiger partial charge is 0.149 e. The van der Waals surface area contributed by atoms with Crippen LogP contribution in [0.4, 0.5) is 8.78 Å². The van der Waals surface area contributed by atoms with E-state index in [1.54, 1.807) is 12.1 Å². The van der Waals surface area contributed by atoms with Gasteiger partial charge in [-0.15, -0.1) is 0 Å². The van der Waals surface area contributed by atoms with Gasteiger partial charge in [-0.3, -0.25) is 4.90 Å². The lowest BCUT2D eigenvalue weighted by Crippen LogP contribution is -2.45. The molecule has 1 aliphatic rings. The summed E-state index contributed by atoms with van der Waals surface area (Å²) < 4.78 is 34.1. The molecule has 1 atom stereocenters. The van der Waals surface area contributed by atoms with Crippen LogP contribution in [0.1, 0.15) is 17.4 Å². The quantitative estimate of drug-likeness (QED) is 0.882. The van der Waals surface area contributed by atoms with Crippen molar-refractivity contribution in [3.8, 4) is 0 Å². The normalized spacial score (nSPS) is 17.9. The maximum absolute atomic E-state index is 14.4. The van der Waals surface area contributed by atoms with Gasteiger partial charge in [0.1, 0.15) is 17.4 Å². The fourth-order valence-electron chi connectivity index (χ4n) is 2.69. The highest BCUT2D eigenvalue weighted by Crippen LogP contribution is 2.35. The molecule has 112 valence electrons. The van der Waals surface area contributed by atoms with Gasteiger partial charge in [0.15, 0.2) is 0 Å². The van der Waals surface area contributed by atoms with Crippen LogP contribution in [0, 0.1) is 11.6 Å². The third kappa shape index (κ3) is 2.81. The predicted molar refractivity (Wildman–Crippen MR) is 76.4 cm³/mol. The molecule has 0 unspecified atom stereocenters. The topological polar surface area (TPSA) is 28.4 Å². The standard InChI is InChI=1S/C15H15ClF2N2O/c16-10-3-4-11(17)13(14(10)18)15(12-2-1-9-21-12)20-7-5-19-6-8-20/h1-4,9,15,19H,5-8H2/t15-/m0/s1. The summed E-state index contributed by atoms with van der Waals surface area (Å²) >= 11 is 5.83. The van der Waals surface area contributed by atoms with Gasteiger partial charge in [-0.1, -0.05) is 11.6 Å². The molecule has 3 rings (SSSR count). The predicted octanol–water partition coefficient (Wildman–Crippen LogP) is 3.21. The Morgan fingerprint density at radius 2 is 1.95 bits per heavy atom. The molecule has 1 aromatic carbocycles. The summed E-state index contributed by atoms with van der Waals surface area (Å²) in [6.45, 7) is 2.88. The molecule has 6 heteroatoms. The van der Waals surface area contributed by atoms with Crippen molar-refractivity contribution < 1.29 is 13.2 Å². The second kappa shape index (κ2) is 6.13. The molecule has 0 bridgehead atoms. The minimum atomic E-state index is -0.725. The summed E-state index contributed by atoms with van der Waals surface area (Å²) in [5, 5.41) is 3.14. The lowest BCUT2D eigenvalue weighted by molar-refractivity contribution is 0.173. The van der Waals surface area contributed by atoms with Crippen LogP contribution < -0.4 is 5.32 Å². The number of hydrogen-bond donors (Lipinski definition) is 1. The maximum Gasteiger partial charge on any atom is 0.149 e. The SMILES string of the molecule is Fc1ccc(Cl)c(F)c1[C@H](c1ccco1)N1CCNCC1. The van der Waals surface area contributed by atoms with E-state index >= 15 is 0 Å². The molecule has 0 saturated carbocycles. The Labute approximate surface area is 126 Å². The Kier molecular flexibility index (Phi) is 4.24. The number of nitrogens with one attached hydrogen (secondary N) is 1. The number of piperazine rings is 1. The molecule has 0 aliphatic carbocycles. The Hall–Kier alpha value is -1.43. The Bertz CT molecular complexity index is 612. The van der Waals surface area contributed by atoms with Crippen molar-refractivity contribution >= 4 is 11.6 Å². The lowest BCUT2D eigenvalue weighted by Gasteiger charge is -2.34. The molecule has 1 fully saturated rings. The average molecular weight is 313 g/mol. The third-order valence-corrected chi connectivity index (χ3v) is 3.97. The monoisotopic (exact) mass is 312 g/mol. The second-order valence-corrected chi connectivity index (χ2v) is 5.37. The summed E-state index contributed by atoms with van der Waals surface area (Å²) in [5.74, 6) is -0.828. The molecule has 1 aromatic heterocycles. The van der Waals surface area contributed by atoms with Crippen molar-refractivity contribution in [2.24, 2.45) is 0 Å². The van der Waals surface area contributed by atoms with Crippen molar-refractivity contribution in [2.75, 3.05) is 26.2 Å². The fraction of sp³-hybridized carbons (Fsp3) is 0.333. The minimum absolute atomic E-state index is 0.0562. The first-order chi connectivity index (χ1) is 10.2. The van der Waals surface area contributed by atoms with Gasteiger partial charge < -0.3 is 9.73 Å². The highest BCUT2D eigenvalue weighted by atomic mass is 35.5. The summed E-state index contributed by atoms with van der Waals surface area (Å²) in [5.41, 5.74) is -0.0562. The zero-order chi connectivity index (χ0) is 14.8. The molecule has 1 aliphatic heterocycles. The van der Waals surface area contributed by atoms with Crippen molar-refractivity contribution in [2.45, 2.75) is 6.04 Å². The van der Waals surface area contributed by atoms with Gasteiger partial charge in [0.05, 0.1) is 17.3 Å². The molecule has 3 nitrogen and oxygen atoms in total. The maximum atomic E-state index is 14.4. The number of furan rings is 1. The lowest BCUT2D eigenvalue weighted by atomic mass is 10.0. The van der Waals surface area contributed by atoms with E-state index in [1.807, 2.05) is 4.90 Å². The zero-order valence-corrected chi connectivity index (χ0v) is 12.0. The second-order valence-electron chi connectivity index (χ2n) is 4.96. The molecule has 0 amide bonds. The number of halogens is 3. The first-order valence-electron chi connectivity index (χ1n) is 6.80. The van der Waals surface area contributed by atoms with Crippen LogP contribution in [0.15, 0.2) is 34.9 Å². The largest absolute Gasteiger partial charge is 0.467 e. The number of rotatable bonds is 3. The van der Waals surface area contributed by atoms with Crippen LogP contribution >= 0.6 is 11.6 Å². The van der Waals surface area contributed by atoms with Crippen LogP contribution in [0.2, 0.25) is 5.02 Å². The van der Waals surface area contributed by atoms with Crippen molar-refractivity contribution in [3.63, 3.8) is 0 Å². The molecular weight excluding hydrogens is 298 g/mol. The van der Waals surface area contributed by atoms with Crippen molar-refractivity contribution in [3.05, 3.63) is 58.5 Å². The first-order valence-corrected chi connectivity index (χ1v) is 7.18. The van der Waals surface area contributed by atoms with E-state index in [-0.39, 0.29) is 10.6 Å². The van der Waals surface area contributed by atoms with E-state index in [4.69, 9.17) is 16.0 Å². The summed E-state index contributed by atoms with van der Waals surface area (Å²) in [7, 11) is 0. The summed E-state index contributed by atoms with van der Waals surface area (Å²) in [4.78, 5) is 1.99. The van der Waals surface area contributed by atoms with E-state index in [1.165, 1.54) is 18.4 Å². The van der Waals surface area contributed by atoms with E-state index in [0.717, 1.165) is 13.1 Å². The van der Waals surface area contributed by atoms with Gasteiger partial charge in [-0.2, -0.15) is 0 Å². The van der Waals surface area contributed by atoms with Gasteiger partial charge >= 0.3 is 0 Å². The Morgan fingerprint density at radius 3 is 2.62 bits per heavy atom. The highest BCUT2D eigenvalue weighted by molar-refractivity contribution is 6.30. The van der Waals surface area contributed by atoms with E-state index in [0.29, 0.717) is 18.8 Å². The summed E-state index contributed by atoms with van der Waals surface area (Å²) in [6, 6.07) is 5.25. The van der Waals surface area contributed by atoms with Gasteiger partial charge in [0.2, 0.25) is 0 Å². The van der Waals surface area contributed by atoms with Gasteiger partial charge in [-0.25, -0.2) is 8.78 Å². The molecule has 1 N–H and O–H groups in total. The van der Waals surface area contributed by atoms with Gasteiger partial charge in [-0.05, 0) is 24.3 Å². The molecule has 2 heterocycles. The van der Waals surface area contributed by atoms with E-state index in [9.17, 15) is 8.78 Å². The summed E-state index contributed by atoms with van der Waals surface area (Å²) in [6.07, 6.45) is 1.50. The molecule has 0 radical (unpaired) electrons. The third-order valence-electron chi connectivity index (χ3n) is 3.68. The van der Waals surface area contributed by atoms with E-state index < -0.39 is 17.7 Å². The van der Waals surface area contributed by atoms with Gasteiger partial charge in [0.25, 0.3) is 0 Å². The van der Waals surface area contributed by atoms with E-state index in [2.05, 4.69) is 5.32 Å². The van der Waals surface area contributed by atoms with Crippen LogP contribution in [-0.4, -0.2) is 31.1 Å². The average Bonchev–Trinajstić information content (AvgIpc) is 3.02. The van der Waals surface area contributed by atoms with Crippen molar-refractivity contribution in [1.29, 1.82) is 0 Å². The number of hydrogen-bond acceptors (Lipinski definition) is 3. The molecule has 1 saturated heterocycles. The van der Waals surface area contributed by atoms with Crippen molar-refractivity contribution in [1.82, 2.24) is 10.2 Å². The number of nitrogens with zero attached hydrogens (tertiary/aromatic N) is 1. The molecular formula is C15H15ClF2N2O. The highest BCUT2D eigenvalue weighted by Gasteiger charge is 2.31. The molecule has 0 spiro atoms. The van der Waals surface area contributed by atoms with Crippen LogP contribution in [0.25, 0.3) is 0 Å². The molecule has 2 aromatic rings. The minimum Gasteiger partial charge on any atom is -0.467 e. The van der Waals surface area contributed by atoms with Crippen LogP contribution in [-0.2, 0) is 0 Å². The van der Waals surface area contributed by atoms with Gasteiger partial charge in [0, 0.05) is 31.7 Å². The molecule has 21 heavy (non-hydrogen) atoms. The Morgan fingerprint density at radius 1 is 1.19 bits per heavy atom.